The number of piperidine rings is 1. The molecule has 0 aliphatic carbocycles. The lowest BCUT2D eigenvalue weighted by Gasteiger charge is -2.34. The molecule has 3 rings (SSSR count). The molecule has 3 amide bonds. The van der Waals surface area contributed by atoms with Gasteiger partial charge in [-0.05, 0) is 50.8 Å². The quantitative estimate of drug-likeness (QED) is 0.869. The smallest absolute Gasteiger partial charge is 0.321 e. The first kappa shape index (κ1) is 18.8. The van der Waals surface area contributed by atoms with Gasteiger partial charge < -0.3 is 19.9 Å². The molecule has 0 saturated carbocycles. The standard InChI is InChI=1S/C19H26ClN3O3/c1-2-26-17-8-7-15(12-16(17)20)21-19(25)23-11-5-6-14(13-23)18(24)22-9-3-4-10-22/h7-8,12,14H,2-6,9-11,13H2,1H3,(H,21,25). The summed E-state index contributed by atoms with van der Waals surface area (Å²) in [7, 11) is 0. The number of hydrogen-bond donors (Lipinski definition) is 1. The molecule has 1 atom stereocenters. The molecule has 0 radical (unpaired) electrons. The zero-order valence-electron chi connectivity index (χ0n) is 15.2. The summed E-state index contributed by atoms with van der Waals surface area (Å²) in [5, 5.41) is 3.34. The zero-order valence-corrected chi connectivity index (χ0v) is 15.9. The van der Waals surface area contributed by atoms with E-state index >= 15 is 0 Å². The number of benzene rings is 1. The first-order chi connectivity index (χ1) is 12.6. The van der Waals surface area contributed by atoms with Crippen LogP contribution in [0.2, 0.25) is 5.02 Å². The first-order valence-electron chi connectivity index (χ1n) is 9.35. The molecule has 6 nitrogen and oxygen atoms in total. The summed E-state index contributed by atoms with van der Waals surface area (Å²) in [6.45, 7) is 5.28. The van der Waals surface area contributed by atoms with Gasteiger partial charge in [-0.1, -0.05) is 11.6 Å². The van der Waals surface area contributed by atoms with Gasteiger partial charge in [-0.25, -0.2) is 4.79 Å². The zero-order chi connectivity index (χ0) is 18.5. The molecule has 142 valence electrons. The van der Waals surface area contributed by atoms with Gasteiger partial charge in [-0.3, -0.25) is 4.79 Å². The number of amides is 3. The van der Waals surface area contributed by atoms with Crippen LogP contribution in [0.5, 0.6) is 5.75 Å². The third kappa shape index (κ3) is 4.41. The van der Waals surface area contributed by atoms with Gasteiger partial charge in [0.1, 0.15) is 5.75 Å². The van der Waals surface area contributed by atoms with Gasteiger partial charge in [-0.15, -0.1) is 0 Å². The molecular weight excluding hydrogens is 354 g/mol. The second-order valence-electron chi connectivity index (χ2n) is 6.83. The summed E-state index contributed by atoms with van der Waals surface area (Å²) in [6.07, 6.45) is 3.87. The van der Waals surface area contributed by atoms with Crippen LogP contribution in [-0.4, -0.2) is 54.5 Å². The van der Waals surface area contributed by atoms with Crippen LogP contribution in [-0.2, 0) is 4.79 Å². The van der Waals surface area contributed by atoms with E-state index in [-0.39, 0.29) is 17.9 Å². The van der Waals surface area contributed by atoms with Gasteiger partial charge in [0.05, 0.1) is 17.5 Å². The summed E-state index contributed by atoms with van der Waals surface area (Å²) >= 11 is 6.17. The number of carbonyl (C=O) groups excluding carboxylic acids is 2. The molecule has 1 unspecified atom stereocenters. The average molecular weight is 380 g/mol. The molecule has 1 aromatic carbocycles. The van der Waals surface area contributed by atoms with E-state index in [0.29, 0.717) is 36.2 Å². The van der Waals surface area contributed by atoms with Crippen LogP contribution in [0.25, 0.3) is 0 Å². The topological polar surface area (TPSA) is 61.9 Å². The predicted octanol–water partition coefficient (Wildman–Crippen LogP) is 3.61. The van der Waals surface area contributed by atoms with Crippen molar-refractivity contribution >= 4 is 29.2 Å². The van der Waals surface area contributed by atoms with E-state index < -0.39 is 0 Å². The van der Waals surface area contributed by atoms with E-state index in [1.54, 1.807) is 23.1 Å². The number of nitrogens with one attached hydrogen (secondary N) is 1. The van der Waals surface area contributed by atoms with E-state index in [1.165, 1.54) is 0 Å². The van der Waals surface area contributed by atoms with Crippen molar-refractivity contribution in [2.45, 2.75) is 32.6 Å². The van der Waals surface area contributed by atoms with Gasteiger partial charge in [0.25, 0.3) is 0 Å². The van der Waals surface area contributed by atoms with E-state index in [1.807, 2.05) is 11.8 Å². The molecule has 7 heteroatoms. The Morgan fingerprint density at radius 2 is 1.92 bits per heavy atom. The van der Waals surface area contributed by atoms with Gasteiger partial charge in [0, 0.05) is 31.9 Å². The number of likely N-dealkylation sites (tertiary alicyclic amines) is 2. The molecule has 0 aromatic heterocycles. The van der Waals surface area contributed by atoms with Crippen LogP contribution in [0, 0.1) is 5.92 Å². The number of halogens is 1. The number of urea groups is 1. The monoisotopic (exact) mass is 379 g/mol. The van der Waals surface area contributed by atoms with Crippen molar-refractivity contribution in [1.82, 2.24) is 9.80 Å². The number of rotatable bonds is 4. The van der Waals surface area contributed by atoms with Crippen molar-refractivity contribution < 1.29 is 14.3 Å². The van der Waals surface area contributed by atoms with E-state index in [9.17, 15) is 9.59 Å². The summed E-state index contributed by atoms with van der Waals surface area (Å²) in [5.41, 5.74) is 0.622. The summed E-state index contributed by atoms with van der Waals surface area (Å²) in [4.78, 5) is 28.9. The predicted molar refractivity (Wildman–Crippen MR) is 102 cm³/mol. The maximum Gasteiger partial charge on any atom is 0.321 e. The highest BCUT2D eigenvalue weighted by molar-refractivity contribution is 6.32. The van der Waals surface area contributed by atoms with Crippen LogP contribution < -0.4 is 10.1 Å². The fraction of sp³-hybridized carbons (Fsp3) is 0.579. The van der Waals surface area contributed by atoms with E-state index in [2.05, 4.69) is 5.32 Å². The van der Waals surface area contributed by atoms with Gasteiger partial charge in [0.15, 0.2) is 0 Å². The molecular formula is C19H26ClN3O3. The molecule has 2 fully saturated rings. The lowest BCUT2D eigenvalue weighted by molar-refractivity contribution is -0.135. The van der Waals surface area contributed by atoms with Crippen LogP contribution in [0.15, 0.2) is 18.2 Å². The molecule has 2 aliphatic heterocycles. The summed E-state index contributed by atoms with van der Waals surface area (Å²) < 4.78 is 5.40. The molecule has 26 heavy (non-hydrogen) atoms. The Hall–Kier alpha value is -1.95. The van der Waals surface area contributed by atoms with Crippen LogP contribution >= 0.6 is 11.6 Å². The van der Waals surface area contributed by atoms with Crippen molar-refractivity contribution in [3.8, 4) is 5.75 Å². The SMILES string of the molecule is CCOc1ccc(NC(=O)N2CCCC(C(=O)N3CCCC3)C2)cc1Cl. The normalized spacial score (nSPS) is 20.2. The molecule has 2 aliphatic rings. The maximum absolute atomic E-state index is 12.6. The molecule has 1 N–H and O–H groups in total. The minimum atomic E-state index is -0.191. The summed E-state index contributed by atoms with van der Waals surface area (Å²) in [6, 6.07) is 5.01. The molecule has 2 heterocycles. The van der Waals surface area contributed by atoms with Crippen LogP contribution in [0.3, 0.4) is 0 Å². The molecule has 2 saturated heterocycles. The van der Waals surface area contributed by atoms with Crippen LogP contribution in [0.4, 0.5) is 10.5 Å². The van der Waals surface area contributed by atoms with E-state index in [4.69, 9.17) is 16.3 Å². The van der Waals surface area contributed by atoms with Gasteiger partial charge >= 0.3 is 6.03 Å². The van der Waals surface area contributed by atoms with Gasteiger partial charge in [0.2, 0.25) is 5.91 Å². The van der Waals surface area contributed by atoms with Crippen molar-refractivity contribution in [3.63, 3.8) is 0 Å². The fourth-order valence-corrected chi connectivity index (χ4v) is 3.85. The highest BCUT2D eigenvalue weighted by Crippen LogP contribution is 2.28. The van der Waals surface area contributed by atoms with Crippen molar-refractivity contribution in [3.05, 3.63) is 23.2 Å². The second kappa shape index (κ2) is 8.62. The minimum absolute atomic E-state index is 0.0866. The average Bonchev–Trinajstić information content (AvgIpc) is 3.18. The van der Waals surface area contributed by atoms with Gasteiger partial charge in [-0.2, -0.15) is 0 Å². The Kier molecular flexibility index (Phi) is 6.25. The highest BCUT2D eigenvalue weighted by Gasteiger charge is 2.32. The Labute approximate surface area is 159 Å². The van der Waals surface area contributed by atoms with Crippen molar-refractivity contribution in [2.24, 2.45) is 5.92 Å². The van der Waals surface area contributed by atoms with E-state index in [0.717, 1.165) is 38.8 Å². The maximum atomic E-state index is 12.6. The Morgan fingerprint density at radius 1 is 1.19 bits per heavy atom. The molecule has 0 bridgehead atoms. The first-order valence-corrected chi connectivity index (χ1v) is 9.73. The summed E-state index contributed by atoms with van der Waals surface area (Å²) in [5.74, 6) is 0.710. The number of nitrogens with zero attached hydrogens (tertiary/aromatic N) is 2. The minimum Gasteiger partial charge on any atom is -0.492 e. The number of anilines is 1. The van der Waals surface area contributed by atoms with Crippen LogP contribution in [0.1, 0.15) is 32.6 Å². The fourth-order valence-electron chi connectivity index (χ4n) is 3.61. The third-order valence-corrected chi connectivity index (χ3v) is 5.25. The van der Waals surface area contributed by atoms with Crippen molar-refractivity contribution in [2.75, 3.05) is 38.1 Å². The van der Waals surface area contributed by atoms with Crippen molar-refractivity contribution in [1.29, 1.82) is 0 Å². The Morgan fingerprint density at radius 3 is 2.62 bits per heavy atom. The number of hydrogen-bond acceptors (Lipinski definition) is 3. The number of carbonyl (C=O) groups is 2. The largest absolute Gasteiger partial charge is 0.492 e. The second-order valence-corrected chi connectivity index (χ2v) is 7.23. The lowest BCUT2D eigenvalue weighted by atomic mass is 9.97. The number of ether oxygens (including phenoxy) is 1. The lowest BCUT2D eigenvalue weighted by Crippen LogP contribution is -2.47. The Bertz CT molecular complexity index is 661. The molecule has 0 spiro atoms. The third-order valence-electron chi connectivity index (χ3n) is 4.96. The molecule has 1 aromatic rings. The Balaban J connectivity index is 1.58. The highest BCUT2D eigenvalue weighted by atomic mass is 35.5.